The van der Waals surface area contributed by atoms with Gasteiger partial charge in [0.2, 0.25) is 15.9 Å². The van der Waals surface area contributed by atoms with Crippen LogP contribution in [-0.4, -0.2) is 48.8 Å². The van der Waals surface area contributed by atoms with Gasteiger partial charge < -0.3 is 4.42 Å². The minimum Gasteiger partial charge on any atom is -0.444 e. The highest BCUT2D eigenvalue weighted by Crippen LogP contribution is 2.24. The molecule has 0 N–H and O–H groups in total. The highest BCUT2D eigenvalue weighted by molar-refractivity contribution is 7.89. The van der Waals surface area contributed by atoms with E-state index in [-0.39, 0.29) is 13.1 Å². The molecule has 0 spiro atoms. The van der Waals surface area contributed by atoms with E-state index in [4.69, 9.17) is 16.0 Å². The third kappa shape index (κ3) is 4.39. The third-order valence-corrected chi connectivity index (χ3v) is 7.00. The summed E-state index contributed by atoms with van der Waals surface area (Å²) in [6, 6.07) is 9.59. The predicted molar refractivity (Wildman–Crippen MR) is 107 cm³/mol. The highest BCUT2D eigenvalue weighted by atomic mass is 35.5. The van der Waals surface area contributed by atoms with Crippen molar-refractivity contribution in [2.24, 2.45) is 0 Å². The normalized spacial score (nSPS) is 16.1. The lowest BCUT2D eigenvalue weighted by atomic mass is 10.2. The molecule has 0 amide bonds. The van der Waals surface area contributed by atoms with E-state index in [0.717, 1.165) is 17.7 Å². The first-order valence-electron chi connectivity index (χ1n) is 9.21. The van der Waals surface area contributed by atoms with Crippen LogP contribution in [0.4, 0.5) is 8.78 Å². The Labute approximate surface area is 177 Å². The van der Waals surface area contributed by atoms with Gasteiger partial charge in [0.1, 0.15) is 22.8 Å². The highest BCUT2D eigenvalue weighted by Gasteiger charge is 2.31. The SMILES string of the molecule is O=S(=O)(c1cc(F)ccc1F)N1CCN(Cc2coc(-c3cccc(Cl)c3)n2)CC1. The van der Waals surface area contributed by atoms with Gasteiger partial charge in [0, 0.05) is 43.3 Å². The molecule has 0 unspecified atom stereocenters. The summed E-state index contributed by atoms with van der Waals surface area (Å²) in [7, 11) is -4.10. The molecule has 4 rings (SSSR count). The fourth-order valence-electron chi connectivity index (χ4n) is 3.30. The molecule has 0 bridgehead atoms. The molecule has 30 heavy (non-hydrogen) atoms. The average Bonchev–Trinajstić information content (AvgIpc) is 3.19. The monoisotopic (exact) mass is 453 g/mol. The Morgan fingerprint density at radius 2 is 1.83 bits per heavy atom. The van der Waals surface area contributed by atoms with Gasteiger partial charge in [0.05, 0.1) is 5.69 Å². The molecule has 2 heterocycles. The summed E-state index contributed by atoms with van der Waals surface area (Å²) in [5.74, 6) is -1.31. The molecule has 10 heteroatoms. The number of oxazole rings is 1. The zero-order valence-corrected chi connectivity index (χ0v) is 17.3. The van der Waals surface area contributed by atoms with E-state index in [9.17, 15) is 17.2 Å². The van der Waals surface area contributed by atoms with Gasteiger partial charge in [0.15, 0.2) is 0 Å². The summed E-state index contributed by atoms with van der Waals surface area (Å²) >= 11 is 5.99. The smallest absolute Gasteiger partial charge is 0.246 e. The van der Waals surface area contributed by atoms with E-state index >= 15 is 0 Å². The van der Waals surface area contributed by atoms with Crippen LogP contribution in [0, 0.1) is 11.6 Å². The van der Waals surface area contributed by atoms with E-state index < -0.39 is 26.6 Å². The summed E-state index contributed by atoms with van der Waals surface area (Å²) < 4.78 is 59.4. The van der Waals surface area contributed by atoms with Gasteiger partial charge in [-0.15, -0.1) is 0 Å². The standard InChI is InChI=1S/C20H18ClF2N3O3S/c21-15-3-1-2-14(10-15)20-24-17(13-29-20)12-25-6-8-26(9-7-25)30(27,28)19-11-16(22)4-5-18(19)23/h1-5,10-11,13H,6-9,12H2. The summed E-state index contributed by atoms with van der Waals surface area (Å²) in [4.78, 5) is 5.84. The second-order valence-corrected chi connectivity index (χ2v) is 9.25. The minimum atomic E-state index is -4.10. The number of piperazine rings is 1. The van der Waals surface area contributed by atoms with Crippen molar-refractivity contribution in [2.45, 2.75) is 11.4 Å². The zero-order valence-electron chi connectivity index (χ0n) is 15.8. The number of nitrogens with zero attached hydrogens (tertiary/aromatic N) is 3. The molecule has 0 radical (unpaired) electrons. The van der Waals surface area contributed by atoms with Crippen molar-refractivity contribution < 1.29 is 21.6 Å². The Balaban J connectivity index is 1.40. The van der Waals surface area contributed by atoms with E-state index in [1.165, 1.54) is 4.31 Å². The van der Waals surface area contributed by atoms with Gasteiger partial charge in [-0.05, 0) is 36.4 Å². The number of hydrogen-bond acceptors (Lipinski definition) is 5. The number of hydrogen-bond donors (Lipinski definition) is 0. The second-order valence-electron chi connectivity index (χ2n) is 6.91. The molecule has 1 aliphatic heterocycles. The van der Waals surface area contributed by atoms with Crippen molar-refractivity contribution >= 4 is 21.6 Å². The van der Waals surface area contributed by atoms with Gasteiger partial charge in [-0.2, -0.15) is 4.31 Å². The van der Waals surface area contributed by atoms with Crippen molar-refractivity contribution in [1.82, 2.24) is 14.2 Å². The van der Waals surface area contributed by atoms with Gasteiger partial charge in [-0.3, -0.25) is 4.90 Å². The van der Waals surface area contributed by atoms with Gasteiger partial charge in [-0.1, -0.05) is 17.7 Å². The molecule has 1 aliphatic rings. The first-order chi connectivity index (χ1) is 14.3. The van der Waals surface area contributed by atoms with Gasteiger partial charge >= 0.3 is 0 Å². The molecule has 0 atom stereocenters. The van der Waals surface area contributed by atoms with Crippen LogP contribution in [0.3, 0.4) is 0 Å². The molecule has 0 saturated carbocycles. The lowest BCUT2D eigenvalue weighted by molar-refractivity contribution is 0.179. The van der Waals surface area contributed by atoms with E-state index in [2.05, 4.69) is 4.98 Å². The Kier molecular flexibility index (Phi) is 5.88. The molecular weight excluding hydrogens is 436 g/mol. The van der Waals surface area contributed by atoms with Crippen LogP contribution in [0.15, 0.2) is 58.0 Å². The Morgan fingerprint density at radius 3 is 2.57 bits per heavy atom. The topological polar surface area (TPSA) is 66.7 Å². The Morgan fingerprint density at radius 1 is 1.07 bits per heavy atom. The Hall–Kier alpha value is -2.33. The molecule has 6 nitrogen and oxygen atoms in total. The average molecular weight is 454 g/mol. The maximum Gasteiger partial charge on any atom is 0.246 e. The lowest BCUT2D eigenvalue weighted by Crippen LogP contribution is -2.48. The van der Waals surface area contributed by atoms with Crippen molar-refractivity contribution in [3.05, 3.63) is 71.1 Å². The van der Waals surface area contributed by atoms with Crippen LogP contribution in [0.1, 0.15) is 5.69 Å². The summed E-state index contributed by atoms with van der Waals surface area (Å²) in [6.07, 6.45) is 1.56. The molecular formula is C20H18ClF2N3O3S. The Bertz CT molecular complexity index is 1160. The molecule has 1 saturated heterocycles. The molecule has 1 aromatic heterocycles. The minimum absolute atomic E-state index is 0.164. The number of rotatable bonds is 5. The number of benzene rings is 2. The number of sulfonamides is 1. The summed E-state index contributed by atoms with van der Waals surface area (Å²) in [5.41, 5.74) is 1.47. The van der Waals surface area contributed by atoms with E-state index in [1.54, 1.807) is 18.4 Å². The van der Waals surface area contributed by atoms with Crippen LogP contribution in [0.2, 0.25) is 5.02 Å². The van der Waals surface area contributed by atoms with Crippen LogP contribution in [0.25, 0.3) is 11.5 Å². The summed E-state index contributed by atoms with van der Waals surface area (Å²) in [5, 5.41) is 0.583. The lowest BCUT2D eigenvalue weighted by Gasteiger charge is -2.33. The van der Waals surface area contributed by atoms with Gasteiger partial charge in [-0.25, -0.2) is 22.2 Å². The number of aromatic nitrogens is 1. The van der Waals surface area contributed by atoms with Crippen molar-refractivity contribution in [3.8, 4) is 11.5 Å². The van der Waals surface area contributed by atoms with Crippen LogP contribution in [0.5, 0.6) is 0 Å². The second kappa shape index (κ2) is 8.43. The van der Waals surface area contributed by atoms with Gasteiger partial charge in [0.25, 0.3) is 0 Å². The maximum atomic E-state index is 13.9. The first kappa shape index (κ1) is 20.9. The predicted octanol–water partition coefficient (Wildman–Crippen LogP) is 3.78. The maximum absolute atomic E-state index is 13.9. The van der Waals surface area contributed by atoms with Crippen LogP contribution in [-0.2, 0) is 16.6 Å². The van der Waals surface area contributed by atoms with Crippen molar-refractivity contribution in [3.63, 3.8) is 0 Å². The zero-order chi connectivity index (χ0) is 21.3. The molecule has 1 fully saturated rings. The van der Waals surface area contributed by atoms with Crippen molar-refractivity contribution in [1.29, 1.82) is 0 Å². The quantitative estimate of drug-likeness (QED) is 0.588. The van der Waals surface area contributed by atoms with E-state index in [0.29, 0.717) is 42.3 Å². The van der Waals surface area contributed by atoms with Crippen LogP contribution >= 0.6 is 11.6 Å². The third-order valence-electron chi connectivity index (χ3n) is 4.85. The largest absolute Gasteiger partial charge is 0.444 e. The fraction of sp³-hybridized carbons (Fsp3) is 0.250. The fourth-order valence-corrected chi connectivity index (χ4v) is 4.99. The molecule has 3 aromatic rings. The van der Waals surface area contributed by atoms with Crippen molar-refractivity contribution in [2.75, 3.05) is 26.2 Å². The molecule has 0 aliphatic carbocycles. The first-order valence-corrected chi connectivity index (χ1v) is 11.0. The van der Waals surface area contributed by atoms with E-state index in [1.807, 2.05) is 17.0 Å². The molecule has 158 valence electrons. The number of halogens is 3. The van der Waals surface area contributed by atoms with Crippen LogP contribution < -0.4 is 0 Å². The summed E-state index contributed by atoms with van der Waals surface area (Å²) in [6.45, 7) is 1.66. The molecule has 2 aromatic carbocycles.